The second-order valence-electron chi connectivity index (χ2n) is 8.54. The van der Waals surface area contributed by atoms with Crippen molar-refractivity contribution in [3.8, 4) is 11.4 Å². The topological polar surface area (TPSA) is 146 Å². The number of carbonyl (C=O) groups is 1. The minimum absolute atomic E-state index is 0.0140. The number of methoxy groups -OCH3 is 2. The number of nitrogens with one attached hydrogen (secondary N) is 1. The summed E-state index contributed by atoms with van der Waals surface area (Å²) in [5.41, 5.74) is 7.74. The molecular weight excluding hydrogens is 493 g/mol. The van der Waals surface area contributed by atoms with Crippen molar-refractivity contribution in [2.45, 2.75) is 25.9 Å². The number of carbonyl (C=O) groups excluding carboxylic acids is 1. The van der Waals surface area contributed by atoms with Gasteiger partial charge in [-0.2, -0.15) is 0 Å². The van der Waals surface area contributed by atoms with E-state index in [0.717, 1.165) is 31.5 Å². The number of benzene rings is 1. The van der Waals surface area contributed by atoms with Crippen LogP contribution in [-0.2, 0) is 22.6 Å². The Hall–Kier alpha value is -4.39. The summed E-state index contributed by atoms with van der Waals surface area (Å²) in [4.78, 5) is 28.5. The third kappa shape index (κ3) is 6.29. The van der Waals surface area contributed by atoms with Crippen LogP contribution in [0.25, 0.3) is 5.69 Å². The zero-order chi connectivity index (χ0) is 26.9. The summed E-state index contributed by atoms with van der Waals surface area (Å²) >= 11 is 0. The number of nitrogens with two attached hydrogens (primary N) is 1. The maximum Gasteiger partial charge on any atom is 0.254 e. The highest BCUT2D eigenvalue weighted by atomic mass is 19.1. The molecular formula is C25H30FN9O3. The average molecular weight is 524 g/mol. The van der Waals surface area contributed by atoms with Gasteiger partial charge in [0.2, 0.25) is 5.95 Å². The van der Waals surface area contributed by atoms with Gasteiger partial charge in [0.15, 0.2) is 11.6 Å². The van der Waals surface area contributed by atoms with Crippen LogP contribution in [0.15, 0.2) is 53.2 Å². The lowest BCUT2D eigenvalue weighted by atomic mass is 10.1. The van der Waals surface area contributed by atoms with E-state index in [0.29, 0.717) is 11.6 Å². The van der Waals surface area contributed by atoms with Gasteiger partial charge >= 0.3 is 0 Å². The van der Waals surface area contributed by atoms with E-state index < -0.39 is 11.7 Å². The fraction of sp³-hybridized carbons (Fsp3) is 0.360. The largest absolute Gasteiger partial charge is 0.494 e. The Balaban J connectivity index is 1.48. The third-order valence-corrected chi connectivity index (χ3v) is 5.96. The summed E-state index contributed by atoms with van der Waals surface area (Å²) in [7, 11) is 2.83. The first-order chi connectivity index (χ1) is 18.5. The Morgan fingerprint density at radius 2 is 2.00 bits per heavy atom. The van der Waals surface area contributed by atoms with E-state index >= 15 is 4.39 Å². The molecule has 4 rings (SSSR count). The normalized spacial score (nSPS) is 14.1. The van der Waals surface area contributed by atoms with Crippen LogP contribution in [0.1, 0.15) is 24.0 Å². The van der Waals surface area contributed by atoms with Crippen molar-refractivity contribution >= 4 is 18.1 Å². The zero-order valence-electron chi connectivity index (χ0n) is 21.3. The van der Waals surface area contributed by atoms with Crippen LogP contribution in [0, 0.1) is 5.82 Å². The second kappa shape index (κ2) is 12.7. The molecule has 3 aromatic rings. The minimum atomic E-state index is -0.623. The second-order valence-corrected chi connectivity index (χ2v) is 8.54. The van der Waals surface area contributed by atoms with E-state index in [1.54, 1.807) is 24.7 Å². The number of anilines is 1. The molecule has 1 fully saturated rings. The van der Waals surface area contributed by atoms with E-state index in [4.69, 9.17) is 15.2 Å². The van der Waals surface area contributed by atoms with Gasteiger partial charge in [0.25, 0.3) is 5.91 Å². The summed E-state index contributed by atoms with van der Waals surface area (Å²) in [6.07, 6.45) is 10.1. The number of hydrogen-bond acceptors (Lipinski definition) is 10. The SMILES string of the molecule is COCC(N)=C(C=NCc1cnc(N2CCCC2)nc1)C(=O)NCc1c(-n2ccnn2)ccc(OC)c1F. The van der Waals surface area contributed by atoms with Gasteiger partial charge in [0, 0.05) is 62.2 Å². The van der Waals surface area contributed by atoms with Gasteiger partial charge in [-0.25, -0.2) is 19.0 Å². The number of aliphatic imine (C=N–C) groups is 1. The average Bonchev–Trinajstić information content (AvgIpc) is 3.66. The summed E-state index contributed by atoms with van der Waals surface area (Å²) in [6.45, 7) is 2.01. The molecule has 13 heteroatoms. The first kappa shape index (κ1) is 26.7. The smallest absolute Gasteiger partial charge is 0.254 e. The maximum absolute atomic E-state index is 15.1. The van der Waals surface area contributed by atoms with E-state index in [9.17, 15) is 4.79 Å². The lowest BCUT2D eigenvalue weighted by molar-refractivity contribution is -0.117. The number of amides is 1. The van der Waals surface area contributed by atoms with Gasteiger partial charge < -0.3 is 25.4 Å². The van der Waals surface area contributed by atoms with Gasteiger partial charge in [-0.3, -0.25) is 9.79 Å². The molecule has 38 heavy (non-hydrogen) atoms. The van der Waals surface area contributed by atoms with Gasteiger partial charge in [-0.05, 0) is 25.0 Å². The highest BCUT2D eigenvalue weighted by Crippen LogP contribution is 2.26. The summed E-state index contributed by atoms with van der Waals surface area (Å²) in [5.74, 6) is -0.431. The molecule has 1 saturated heterocycles. The molecule has 1 amide bonds. The fourth-order valence-corrected chi connectivity index (χ4v) is 4.00. The molecule has 1 aromatic carbocycles. The van der Waals surface area contributed by atoms with E-state index in [-0.39, 0.29) is 42.3 Å². The predicted molar refractivity (Wildman–Crippen MR) is 138 cm³/mol. The Kier molecular flexibility index (Phi) is 8.93. The summed E-state index contributed by atoms with van der Waals surface area (Å²) in [6, 6.07) is 3.11. The highest BCUT2D eigenvalue weighted by Gasteiger charge is 2.19. The van der Waals surface area contributed by atoms with Crippen molar-refractivity contribution in [1.29, 1.82) is 0 Å². The fourth-order valence-electron chi connectivity index (χ4n) is 4.00. The molecule has 3 heterocycles. The number of aromatic nitrogens is 5. The molecule has 0 unspecified atom stereocenters. The number of hydrogen-bond donors (Lipinski definition) is 2. The number of nitrogens with zero attached hydrogens (tertiary/aromatic N) is 7. The number of rotatable bonds is 11. The van der Waals surface area contributed by atoms with Crippen molar-refractivity contribution < 1.29 is 18.7 Å². The molecule has 0 radical (unpaired) electrons. The molecule has 0 bridgehead atoms. The first-order valence-electron chi connectivity index (χ1n) is 12.0. The summed E-state index contributed by atoms with van der Waals surface area (Å²) in [5, 5.41) is 10.4. The van der Waals surface area contributed by atoms with E-state index in [1.807, 2.05) is 0 Å². The van der Waals surface area contributed by atoms with Crippen molar-refractivity contribution in [1.82, 2.24) is 30.3 Å². The highest BCUT2D eigenvalue weighted by molar-refractivity contribution is 6.12. The quantitative estimate of drug-likeness (QED) is 0.282. The predicted octanol–water partition coefficient (Wildman–Crippen LogP) is 1.55. The lowest BCUT2D eigenvalue weighted by Gasteiger charge is -2.15. The molecule has 200 valence electrons. The number of halogens is 1. The molecule has 2 aromatic heterocycles. The van der Waals surface area contributed by atoms with Crippen LogP contribution in [0.3, 0.4) is 0 Å². The Morgan fingerprint density at radius 3 is 2.66 bits per heavy atom. The molecule has 3 N–H and O–H groups in total. The molecule has 0 aliphatic carbocycles. The van der Waals surface area contributed by atoms with Crippen molar-refractivity contribution in [2.75, 3.05) is 38.8 Å². The van der Waals surface area contributed by atoms with Crippen molar-refractivity contribution in [3.63, 3.8) is 0 Å². The maximum atomic E-state index is 15.1. The van der Waals surface area contributed by atoms with E-state index in [1.165, 1.54) is 37.4 Å². The molecule has 0 spiro atoms. The first-order valence-corrected chi connectivity index (χ1v) is 12.0. The zero-order valence-corrected chi connectivity index (χ0v) is 21.3. The Bertz CT molecular complexity index is 1290. The third-order valence-electron chi connectivity index (χ3n) is 5.96. The molecule has 1 aliphatic rings. The van der Waals surface area contributed by atoms with Gasteiger partial charge in [-0.15, -0.1) is 5.10 Å². The minimum Gasteiger partial charge on any atom is -0.494 e. The van der Waals surface area contributed by atoms with Gasteiger partial charge in [-0.1, -0.05) is 5.21 Å². The van der Waals surface area contributed by atoms with Crippen molar-refractivity contribution in [3.05, 3.63) is 65.1 Å². The standard InChI is InChI=1S/C25H30FN9O3/c1-37-16-20(27)18(14-28-11-17-12-30-25(31-13-17)34-8-3-4-9-34)24(36)29-15-19-21(35-10-7-32-33-35)5-6-22(38-2)23(19)26/h5-7,10,12-14H,3-4,8-9,11,15-16,27H2,1-2H3,(H,29,36). The van der Waals surface area contributed by atoms with Crippen LogP contribution in [0.4, 0.5) is 10.3 Å². The molecule has 12 nitrogen and oxygen atoms in total. The van der Waals surface area contributed by atoms with E-state index in [2.05, 4.69) is 35.5 Å². The van der Waals surface area contributed by atoms with Crippen LogP contribution >= 0.6 is 0 Å². The molecule has 0 atom stereocenters. The summed E-state index contributed by atoms with van der Waals surface area (Å²) < 4.78 is 26.7. The lowest BCUT2D eigenvalue weighted by Crippen LogP contribution is -2.29. The monoisotopic (exact) mass is 523 g/mol. The molecule has 1 aliphatic heterocycles. The van der Waals surface area contributed by atoms with Crippen molar-refractivity contribution in [2.24, 2.45) is 10.7 Å². The number of ether oxygens (including phenoxy) is 2. The Morgan fingerprint density at radius 1 is 1.24 bits per heavy atom. The van der Waals surface area contributed by atoms with Crippen LogP contribution in [0.5, 0.6) is 5.75 Å². The molecule has 0 saturated carbocycles. The van der Waals surface area contributed by atoms with Crippen LogP contribution in [-0.4, -0.2) is 71.0 Å². The van der Waals surface area contributed by atoms with Gasteiger partial charge in [0.1, 0.15) is 0 Å². The van der Waals surface area contributed by atoms with Gasteiger partial charge in [0.05, 0.1) is 43.9 Å². The van der Waals surface area contributed by atoms with Crippen LogP contribution in [0.2, 0.25) is 0 Å². The van der Waals surface area contributed by atoms with Crippen LogP contribution < -0.4 is 20.7 Å². The Labute approximate surface area is 219 Å².